The second-order valence-corrected chi connectivity index (χ2v) is 9.71. The minimum atomic E-state index is 0.493. The van der Waals surface area contributed by atoms with Gasteiger partial charge in [0.25, 0.3) is 0 Å². The molecule has 0 amide bonds. The molecule has 0 saturated heterocycles. The van der Waals surface area contributed by atoms with Crippen LogP contribution in [0, 0.1) is 17.3 Å². The van der Waals surface area contributed by atoms with Crippen molar-refractivity contribution in [1.29, 1.82) is 0 Å². The van der Waals surface area contributed by atoms with Crippen molar-refractivity contribution in [2.75, 3.05) is 13.7 Å². The highest BCUT2D eigenvalue weighted by Crippen LogP contribution is 2.74. The summed E-state index contributed by atoms with van der Waals surface area (Å²) in [6.07, 6.45) is 12.9. The number of benzene rings is 1. The van der Waals surface area contributed by atoms with E-state index in [1.165, 1.54) is 69.9 Å². The zero-order valence-electron chi connectivity index (χ0n) is 17.1. The largest absolute Gasteiger partial charge is 0.497 e. The van der Waals surface area contributed by atoms with E-state index in [0.29, 0.717) is 5.54 Å². The molecule has 26 heavy (non-hydrogen) atoms. The third-order valence-corrected chi connectivity index (χ3v) is 7.63. The summed E-state index contributed by atoms with van der Waals surface area (Å²) < 4.78 is 5.35. The zero-order valence-corrected chi connectivity index (χ0v) is 17.1. The average molecular weight is 356 g/mol. The normalized spacial score (nSPS) is 34.8. The maximum atomic E-state index is 5.35. The van der Waals surface area contributed by atoms with E-state index in [1.807, 2.05) is 0 Å². The lowest BCUT2D eigenvalue weighted by atomic mass is 9.71. The van der Waals surface area contributed by atoms with Gasteiger partial charge in [-0.05, 0) is 80.0 Å². The van der Waals surface area contributed by atoms with Gasteiger partial charge in [0.05, 0.1) is 7.11 Å². The minimum absolute atomic E-state index is 0.493. The standard InChI is InChI=1S/C24H37NO/c1-4-5-6-7-12-25(17-20-8-10-22(26-3)11-9-20)24-14-19(2)13-23(18-24)15-21(23)16-24/h8-11,19,21H,4-7,12-18H2,1-3H3. The average Bonchev–Trinajstić information content (AvgIpc) is 3.19. The molecule has 2 heteroatoms. The third-order valence-electron chi connectivity index (χ3n) is 7.63. The Morgan fingerprint density at radius 3 is 2.58 bits per heavy atom. The highest BCUT2D eigenvalue weighted by Gasteiger charge is 2.68. The smallest absolute Gasteiger partial charge is 0.118 e. The molecular formula is C24H37NO. The van der Waals surface area contributed by atoms with Gasteiger partial charge >= 0.3 is 0 Å². The van der Waals surface area contributed by atoms with Crippen LogP contribution < -0.4 is 4.74 Å². The third kappa shape index (κ3) is 3.42. The molecule has 0 aromatic heterocycles. The van der Waals surface area contributed by atoms with Crippen molar-refractivity contribution in [3.63, 3.8) is 0 Å². The molecule has 2 bridgehead atoms. The van der Waals surface area contributed by atoms with Gasteiger partial charge in [-0.2, -0.15) is 0 Å². The molecule has 0 aliphatic heterocycles. The fraction of sp³-hybridized carbons (Fsp3) is 0.750. The first kappa shape index (κ1) is 18.3. The summed E-state index contributed by atoms with van der Waals surface area (Å²) in [5.74, 6) is 2.92. The Morgan fingerprint density at radius 1 is 1.04 bits per heavy atom. The maximum absolute atomic E-state index is 5.35. The van der Waals surface area contributed by atoms with Crippen molar-refractivity contribution in [2.45, 2.75) is 83.7 Å². The lowest BCUT2D eigenvalue weighted by molar-refractivity contribution is 0.0176. The molecule has 3 saturated carbocycles. The van der Waals surface area contributed by atoms with Crippen LogP contribution in [0.25, 0.3) is 0 Å². The predicted molar refractivity (Wildman–Crippen MR) is 108 cm³/mol. The molecule has 0 heterocycles. The number of fused-ring (bicyclic) bond motifs is 1. The Hall–Kier alpha value is -1.02. The van der Waals surface area contributed by atoms with Crippen LogP contribution in [0.15, 0.2) is 24.3 Å². The Bertz CT molecular complexity index is 607. The number of rotatable bonds is 9. The van der Waals surface area contributed by atoms with E-state index in [2.05, 4.69) is 43.0 Å². The summed E-state index contributed by atoms with van der Waals surface area (Å²) in [4.78, 5) is 2.91. The van der Waals surface area contributed by atoms with Gasteiger partial charge in [0.15, 0.2) is 0 Å². The Kier molecular flexibility index (Phi) is 5.07. The first-order valence-electron chi connectivity index (χ1n) is 11.0. The molecule has 144 valence electrons. The summed E-state index contributed by atoms with van der Waals surface area (Å²) in [6, 6.07) is 8.79. The van der Waals surface area contributed by atoms with Crippen LogP contribution >= 0.6 is 0 Å². The van der Waals surface area contributed by atoms with Gasteiger partial charge in [-0.15, -0.1) is 0 Å². The monoisotopic (exact) mass is 355 g/mol. The quantitative estimate of drug-likeness (QED) is 0.500. The second kappa shape index (κ2) is 7.19. The number of hydrogen-bond donors (Lipinski definition) is 0. The fourth-order valence-electron chi connectivity index (χ4n) is 6.55. The minimum Gasteiger partial charge on any atom is -0.497 e. The zero-order chi connectivity index (χ0) is 18.2. The van der Waals surface area contributed by atoms with Crippen LogP contribution in [0.5, 0.6) is 5.75 Å². The van der Waals surface area contributed by atoms with Crippen molar-refractivity contribution < 1.29 is 4.74 Å². The molecule has 0 N–H and O–H groups in total. The lowest BCUT2D eigenvalue weighted by Gasteiger charge is -2.48. The summed E-state index contributed by atoms with van der Waals surface area (Å²) in [5.41, 5.74) is 2.69. The Balaban J connectivity index is 1.50. The van der Waals surface area contributed by atoms with Crippen LogP contribution in [-0.4, -0.2) is 24.1 Å². The van der Waals surface area contributed by atoms with Crippen LogP contribution in [0.4, 0.5) is 0 Å². The van der Waals surface area contributed by atoms with Crippen molar-refractivity contribution in [3.05, 3.63) is 29.8 Å². The maximum Gasteiger partial charge on any atom is 0.118 e. The van der Waals surface area contributed by atoms with E-state index in [4.69, 9.17) is 4.74 Å². The SMILES string of the molecule is CCCCCCN(Cc1ccc(OC)cc1)C12CC(C)CC3(CC3C1)C2. The van der Waals surface area contributed by atoms with Gasteiger partial charge in [0.1, 0.15) is 5.75 Å². The number of nitrogens with zero attached hydrogens (tertiary/aromatic N) is 1. The van der Waals surface area contributed by atoms with Crippen LogP contribution in [-0.2, 0) is 6.54 Å². The fourth-order valence-corrected chi connectivity index (χ4v) is 6.55. The van der Waals surface area contributed by atoms with E-state index < -0.39 is 0 Å². The van der Waals surface area contributed by atoms with Gasteiger partial charge in [-0.3, -0.25) is 4.90 Å². The first-order chi connectivity index (χ1) is 12.6. The summed E-state index contributed by atoms with van der Waals surface area (Å²) >= 11 is 0. The molecule has 3 aliphatic rings. The number of hydrogen-bond acceptors (Lipinski definition) is 2. The Labute approximate surface area is 160 Å². The van der Waals surface area contributed by atoms with Crippen molar-refractivity contribution in [1.82, 2.24) is 4.90 Å². The van der Waals surface area contributed by atoms with Gasteiger partial charge in [-0.25, -0.2) is 0 Å². The molecular weight excluding hydrogens is 318 g/mol. The number of methoxy groups -OCH3 is 1. The van der Waals surface area contributed by atoms with Gasteiger partial charge in [-0.1, -0.05) is 45.2 Å². The van der Waals surface area contributed by atoms with Gasteiger partial charge < -0.3 is 4.74 Å². The lowest BCUT2D eigenvalue weighted by Crippen LogP contribution is -2.51. The van der Waals surface area contributed by atoms with E-state index in [-0.39, 0.29) is 0 Å². The Morgan fingerprint density at radius 2 is 1.85 bits per heavy atom. The molecule has 3 aliphatic carbocycles. The van der Waals surface area contributed by atoms with E-state index in [9.17, 15) is 0 Å². The molecule has 3 fully saturated rings. The molecule has 1 aromatic carbocycles. The molecule has 2 nitrogen and oxygen atoms in total. The first-order valence-corrected chi connectivity index (χ1v) is 11.0. The van der Waals surface area contributed by atoms with Crippen molar-refractivity contribution in [2.24, 2.45) is 17.3 Å². The molecule has 4 unspecified atom stereocenters. The molecule has 0 radical (unpaired) electrons. The van der Waals surface area contributed by atoms with E-state index >= 15 is 0 Å². The highest BCUT2D eigenvalue weighted by molar-refractivity contribution is 5.28. The van der Waals surface area contributed by atoms with Crippen LogP contribution in [0.3, 0.4) is 0 Å². The second-order valence-electron chi connectivity index (χ2n) is 9.71. The molecule has 1 spiro atoms. The summed E-state index contributed by atoms with van der Waals surface area (Å²) in [6.45, 7) is 7.22. The van der Waals surface area contributed by atoms with E-state index in [0.717, 1.165) is 29.5 Å². The van der Waals surface area contributed by atoms with Crippen LogP contribution in [0.2, 0.25) is 0 Å². The predicted octanol–water partition coefficient (Wildman–Crippen LogP) is 6.05. The molecule has 4 atom stereocenters. The van der Waals surface area contributed by atoms with E-state index in [1.54, 1.807) is 7.11 Å². The molecule has 4 rings (SSSR count). The summed E-state index contributed by atoms with van der Waals surface area (Å²) in [5, 5.41) is 0. The number of unbranched alkanes of at least 4 members (excludes halogenated alkanes) is 3. The number of ether oxygens (including phenoxy) is 1. The topological polar surface area (TPSA) is 12.5 Å². The highest BCUT2D eigenvalue weighted by atomic mass is 16.5. The summed E-state index contributed by atoms with van der Waals surface area (Å²) in [7, 11) is 1.75. The van der Waals surface area contributed by atoms with Crippen molar-refractivity contribution >= 4 is 0 Å². The molecule has 1 aromatic rings. The van der Waals surface area contributed by atoms with Crippen LogP contribution in [0.1, 0.15) is 77.2 Å². The van der Waals surface area contributed by atoms with Crippen molar-refractivity contribution in [3.8, 4) is 5.75 Å². The van der Waals surface area contributed by atoms with Gasteiger partial charge in [0, 0.05) is 12.1 Å². The van der Waals surface area contributed by atoms with Gasteiger partial charge in [0.2, 0.25) is 0 Å².